The van der Waals surface area contributed by atoms with E-state index in [0.29, 0.717) is 35.3 Å². The molecule has 0 spiro atoms. The van der Waals surface area contributed by atoms with Gasteiger partial charge >= 0.3 is 0 Å². The van der Waals surface area contributed by atoms with Crippen molar-refractivity contribution < 1.29 is 19.4 Å². The van der Waals surface area contributed by atoms with Gasteiger partial charge < -0.3 is 19.9 Å². The van der Waals surface area contributed by atoms with E-state index >= 15 is 0 Å². The van der Waals surface area contributed by atoms with Crippen molar-refractivity contribution in [2.24, 2.45) is 0 Å². The maximum absolute atomic E-state index is 12.3. The van der Waals surface area contributed by atoms with Gasteiger partial charge in [-0.1, -0.05) is 24.4 Å². The Bertz CT molecular complexity index is 549. The summed E-state index contributed by atoms with van der Waals surface area (Å²) in [4.78, 5) is 12.3. The normalized spacial score (nSPS) is 24.5. The largest absolute Gasteiger partial charge is 0.486 e. The molecule has 0 radical (unpaired) electrons. The molecule has 3 rings (SSSR count). The van der Waals surface area contributed by atoms with E-state index in [1.54, 1.807) is 12.1 Å². The molecule has 1 amide bonds. The smallest absolute Gasteiger partial charge is 0.251 e. The van der Waals surface area contributed by atoms with Crippen LogP contribution in [0.3, 0.4) is 0 Å². The van der Waals surface area contributed by atoms with Crippen LogP contribution in [0.1, 0.15) is 36.0 Å². The molecule has 1 aliphatic carbocycles. The van der Waals surface area contributed by atoms with Crippen molar-refractivity contribution in [2.75, 3.05) is 13.2 Å². The number of halogens is 1. The average Bonchev–Trinajstić information content (AvgIpc) is 2.49. The predicted molar refractivity (Wildman–Crippen MR) is 78.2 cm³/mol. The number of hydrogen-bond acceptors (Lipinski definition) is 4. The Labute approximate surface area is 128 Å². The quantitative estimate of drug-likeness (QED) is 0.878. The van der Waals surface area contributed by atoms with Gasteiger partial charge in [-0.05, 0) is 25.0 Å². The number of rotatable bonds is 2. The number of amides is 1. The molecule has 1 fully saturated rings. The summed E-state index contributed by atoms with van der Waals surface area (Å²) in [5.74, 6) is 0.722. The summed E-state index contributed by atoms with van der Waals surface area (Å²) in [7, 11) is 0. The molecule has 0 bridgehead atoms. The van der Waals surface area contributed by atoms with E-state index in [4.69, 9.17) is 21.1 Å². The number of aliphatic hydroxyl groups is 1. The second kappa shape index (κ2) is 6.12. The second-order valence-corrected chi connectivity index (χ2v) is 5.82. The van der Waals surface area contributed by atoms with Crippen LogP contribution in [0.15, 0.2) is 12.1 Å². The van der Waals surface area contributed by atoms with Crippen molar-refractivity contribution in [1.82, 2.24) is 5.32 Å². The highest BCUT2D eigenvalue weighted by molar-refractivity contribution is 6.32. The molecule has 0 saturated heterocycles. The Morgan fingerprint density at radius 1 is 1.24 bits per heavy atom. The minimum absolute atomic E-state index is 0.196. The Balaban J connectivity index is 1.76. The first-order valence-electron chi connectivity index (χ1n) is 7.23. The fourth-order valence-electron chi connectivity index (χ4n) is 2.77. The van der Waals surface area contributed by atoms with E-state index in [2.05, 4.69) is 5.32 Å². The number of ether oxygens (including phenoxy) is 2. The average molecular weight is 312 g/mol. The standard InChI is InChI=1S/C15H18ClNO4/c16-10-7-9(8-13-14(10)21-6-5-20-13)15(19)17-11-3-1-2-4-12(11)18/h7-8,11-12,18H,1-6H2,(H,17,19)/t11-,12-/m1/s1. The molecular weight excluding hydrogens is 294 g/mol. The van der Waals surface area contributed by atoms with E-state index in [1.807, 2.05) is 0 Å². The van der Waals surface area contributed by atoms with Crippen molar-refractivity contribution in [3.05, 3.63) is 22.7 Å². The van der Waals surface area contributed by atoms with Gasteiger partial charge in [0.15, 0.2) is 11.5 Å². The summed E-state index contributed by atoms with van der Waals surface area (Å²) in [6, 6.07) is 3.00. The molecule has 1 heterocycles. The molecular formula is C15H18ClNO4. The summed E-state index contributed by atoms with van der Waals surface area (Å²) < 4.78 is 10.9. The highest BCUT2D eigenvalue weighted by atomic mass is 35.5. The lowest BCUT2D eigenvalue weighted by atomic mass is 9.92. The monoisotopic (exact) mass is 311 g/mol. The van der Waals surface area contributed by atoms with Crippen molar-refractivity contribution in [1.29, 1.82) is 0 Å². The SMILES string of the molecule is O=C(N[C@@H]1CCCC[C@H]1O)c1cc(Cl)c2c(c1)OCCO2. The van der Waals surface area contributed by atoms with E-state index in [0.717, 1.165) is 25.7 Å². The van der Waals surface area contributed by atoms with Crippen LogP contribution in [0.5, 0.6) is 11.5 Å². The van der Waals surface area contributed by atoms with Crippen LogP contribution in [0, 0.1) is 0 Å². The Morgan fingerprint density at radius 3 is 2.81 bits per heavy atom. The van der Waals surface area contributed by atoms with Crippen molar-refractivity contribution >= 4 is 17.5 Å². The van der Waals surface area contributed by atoms with Crippen LogP contribution in [-0.4, -0.2) is 36.4 Å². The number of benzene rings is 1. The number of nitrogens with one attached hydrogen (secondary N) is 1. The van der Waals surface area contributed by atoms with E-state index < -0.39 is 6.10 Å². The maximum Gasteiger partial charge on any atom is 0.251 e. The fraction of sp³-hybridized carbons (Fsp3) is 0.533. The van der Waals surface area contributed by atoms with Gasteiger partial charge in [-0.15, -0.1) is 0 Å². The van der Waals surface area contributed by atoms with E-state index in [-0.39, 0.29) is 11.9 Å². The van der Waals surface area contributed by atoms with Gasteiger partial charge in [-0.3, -0.25) is 4.79 Å². The molecule has 1 saturated carbocycles. The van der Waals surface area contributed by atoms with Crippen LogP contribution in [0.2, 0.25) is 5.02 Å². The molecule has 1 aliphatic heterocycles. The van der Waals surface area contributed by atoms with Crippen molar-refractivity contribution in [3.8, 4) is 11.5 Å². The summed E-state index contributed by atoms with van der Waals surface area (Å²) in [6.45, 7) is 0.891. The first-order valence-corrected chi connectivity index (χ1v) is 7.61. The molecule has 2 atom stereocenters. The highest BCUT2D eigenvalue weighted by Gasteiger charge is 2.26. The van der Waals surface area contributed by atoms with Gasteiger partial charge in [-0.25, -0.2) is 0 Å². The molecule has 2 aliphatic rings. The topological polar surface area (TPSA) is 67.8 Å². The van der Waals surface area contributed by atoms with E-state index in [9.17, 15) is 9.90 Å². The van der Waals surface area contributed by atoms with Gasteiger partial charge in [0, 0.05) is 5.56 Å². The molecule has 0 aromatic heterocycles. The molecule has 6 heteroatoms. The molecule has 1 aromatic rings. The molecule has 0 unspecified atom stereocenters. The number of carbonyl (C=O) groups excluding carboxylic acids is 1. The summed E-state index contributed by atoms with van der Waals surface area (Å²) in [6.07, 6.45) is 3.07. The van der Waals surface area contributed by atoms with Crippen LogP contribution in [0.4, 0.5) is 0 Å². The minimum Gasteiger partial charge on any atom is -0.486 e. The lowest BCUT2D eigenvalue weighted by Gasteiger charge is -2.28. The number of hydrogen-bond donors (Lipinski definition) is 2. The number of fused-ring (bicyclic) bond motifs is 1. The van der Waals surface area contributed by atoms with E-state index in [1.165, 1.54) is 0 Å². The number of carbonyl (C=O) groups is 1. The first kappa shape index (κ1) is 14.5. The third-order valence-corrected chi connectivity index (χ3v) is 4.19. The van der Waals surface area contributed by atoms with Crippen LogP contribution < -0.4 is 14.8 Å². The Hall–Kier alpha value is -1.46. The van der Waals surface area contributed by atoms with Crippen LogP contribution >= 0.6 is 11.6 Å². The highest BCUT2D eigenvalue weighted by Crippen LogP contribution is 2.38. The van der Waals surface area contributed by atoms with Gasteiger partial charge in [-0.2, -0.15) is 0 Å². The van der Waals surface area contributed by atoms with Crippen molar-refractivity contribution in [3.63, 3.8) is 0 Å². The third-order valence-electron chi connectivity index (χ3n) is 3.90. The Morgan fingerprint density at radius 2 is 2.00 bits per heavy atom. The molecule has 2 N–H and O–H groups in total. The second-order valence-electron chi connectivity index (χ2n) is 5.41. The predicted octanol–water partition coefficient (Wildman–Crippen LogP) is 2.14. The minimum atomic E-state index is -0.476. The lowest BCUT2D eigenvalue weighted by molar-refractivity contribution is 0.0716. The zero-order valence-electron chi connectivity index (χ0n) is 11.6. The lowest BCUT2D eigenvalue weighted by Crippen LogP contribution is -2.45. The number of aliphatic hydroxyl groups excluding tert-OH is 1. The zero-order valence-corrected chi connectivity index (χ0v) is 12.4. The van der Waals surface area contributed by atoms with Gasteiger partial charge in [0.1, 0.15) is 13.2 Å². The summed E-state index contributed by atoms with van der Waals surface area (Å²) in [5, 5.41) is 13.2. The van der Waals surface area contributed by atoms with Crippen LogP contribution in [-0.2, 0) is 0 Å². The van der Waals surface area contributed by atoms with Gasteiger partial charge in [0.25, 0.3) is 5.91 Å². The van der Waals surface area contributed by atoms with Gasteiger partial charge in [0.2, 0.25) is 0 Å². The summed E-state index contributed by atoms with van der Waals surface area (Å²) >= 11 is 6.13. The fourth-order valence-corrected chi connectivity index (χ4v) is 3.04. The molecule has 1 aromatic carbocycles. The maximum atomic E-state index is 12.3. The summed E-state index contributed by atoms with van der Waals surface area (Å²) in [5.41, 5.74) is 0.419. The van der Waals surface area contributed by atoms with Crippen LogP contribution in [0.25, 0.3) is 0 Å². The molecule has 5 nitrogen and oxygen atoms in total. The first-order chi connectivity index (χ1) is 10.1. The Kier molecular flexibility index (Phi) is 4.22. The van der Waals surface area contributed by atoms with Gasteiger partial charge in [0.05, 0.1) is 17.2 Å². The molecule has 114 valence electrons. The third kappa shape index (κ3) is 3.09. The van der Waals surface area contributed by atoms with Crippen molar-refractivity contribution in [2.45, 2.75) is 37.8 Å². The zero-order chi connectivity index (χ0) is 14.8. The molecule has 21 heavy (non-hydrogen) atoms.